The van der Waals surface area contributed by atoms with Crippen molar-refractivity contribution in [1.29, 1.82) is 0 Å². The molecule has 1 unspecified atom stereocenters. The molecule has 0 aliphatic rings. The van der Waals surface area contributed by atoms with Crippen molar-refractivity contribution in [2.24, 2.45) is 5.92 Å². The summed E-state index contributed by atoms with van der Waals surface area (Å²) >= 11 is 5.76. The van der Waals surface area contributed by atoms with Crippen molar-refractivity contribution in [2.45, 2.75) is 13.8 Å². The van der Waals surface area contributed by atoms with Gasteiger partial charge in [-0.3, -0.25) is 19.7 Å². The fourth-order valence-electron chi connectivity index (χ4n) is 1.81. The first-order valence-corrected chi connectivity index (χ1v) is 6.52. The zero-order valence-corrected chi connectivity index (χ0v) is 12.3. The minimum Gasteiger partial charge on any atom is -0.465 e. The maximum absolute atomic E-state index is 11.9. The van der Waals surface area contributed by atoms with Crippen LogP contribution in [0.25, 0.3) is 5.57 Å². The molecule has 0 fully saturated rings. The molecule has 0 N–H and O–H groups in total. The fraction of sp³-hybridized carbons (Fsp3) is 0.286. The molecule has 0 radical (unpaired) electrons. The summed E-state index contributed by atoms with van der Waals surface area (Å²) in [6, 6.07) is 6.06. The van der Waals surface area contributed by atoms with E-state index in [9.17, 15) is 19.7 Å². The fourth-order valence-corrected chi connectivity index (χ4v) is 1.94. The number of carbonyl (C=O) groups excluding carboxylic acids is 2. The molecule has 7 heteroatoms. The van der Waals surface area contributed by atoms with Gasteiger partial charge in [0.25, 0.3) is 0 Å². The van der Waals surface area contributed by atoms with Crippen molar-refractivity contribution in [3.05, 3.63) is 51.2 Å². The van der Waals surface area contributed by atoms with E-state index in [1.54, 1.807) is 6.92 Å². The lowest BCUT2D eigenvalue weighted by Gasteiger charge is -2.15. The van der Waals surface area contributed by atoms with Crippen molar-refractivity contribution in [1.82, 2.24) is 0 Å². The van der Waals surface area contributed by atoms with Crippen LogP contribution >= 0.6 is 11.6 Å². The van der Waals surface area contributed by atoms with Crippen LogP contribution in [0.1, 0.15) is 19.4 Å². The van der Waals surface area contributed by atoms with Gasteiger partial charge in [-0.15, -0.1) is 0 Å². The molecule has 0 heterocycles. The van der Waals surface area contributed by atoms with Gasteiger partial charge in [0, 0.05) is 5.02 Å². The van der Waals surface area contributed by atoms with Gasteiger partial charge in [0.1, 0.15) is 11.7 Å². The summed E-state index contributed by atoms with van der Waals surface area (Å²) in [5.74, 6) is -2.68. The second kappa shape index (κ2) is 7.54. The van der Waals surface area contributed by atoms with Gasteiger partial charge in [-0.1, -0.05) is 23.7 Å². The molecular weight excluding hydrogens is 298 g/mol. The Morgan fingerprint density at radius 2 is 1.95 bits per heavy atom. The molecule has 0 aliphatic heterocycles. The smallest absolute Gasteiger partial charge is 0.321 e. The summed E-state index contributed by atoms with van der Waals surface area (Å²) < 4.78 is 4.82. The van der Waals surface area contributed by atoms with E-state index in [1.165, 1.54) is 31.2 Å². The standard InChI is InChI=1S/C14H14ClNO5/c1-3-21-14(18)13(9(2)17)12(8-16(19)20)10-4-6-11(15)7-5-10/h4-8,13H,3H2,1-2H3. The Morgan fingerprint density at radius 3 is 2.38 bits per heavy atom. The predicted octanol–water partition coefficient (Wildman–Crippen LogP) is 2.73. The molecule has 0 bridgehead atoms. The average molecular weight is 312 g/mol. The van der Waals surface area contributed by atoms with E-state index in [4.69, 9.17) is 16.3 Å². The van der Waals surface area contributed by atoms with Crippen molar-refractivity contribution in [3.8, 4) is 0 Å². The molecule has 0 spiro atoms. The first-order chi connectivity index (χ1) is 9.86. The number of carbonyl (C=O) groups is 2. The zero-order chi connectivity index (χ0) is 16.0. The lowest BCUT2D eigenvalue weighted by molar-refractivity contribution is -0.401. The number of nitrogens with zero attached hydrogens (tertiary/aromatic N) is 1. The molecule has 0 saturated carbocycles. The highest BCUT2D eigenvalue weighted by atomic mass is 35.5. The number of hydrogen-bond donors (Lipinski definition) is 0. The number of halogens is 1. The summed E-state index contributed by atoms with van der Waals surface area (Å²) in [4.78, 5) is 33.7. The second-order valence-corrected chi connectivity index (χ2v) is 4.61. The van der Waals surface area contributed by atoms with Gasteiger partial charge in [-0.25, -0.2) is 0 Å². The quantitative estimate of drug-likeness (QED) is 0.349. The lowest BCUT2D eigenvalue weighted by Crippen LogP contribution is -2.26. The van der Waals surface area contributed by atoms with E-state index < -0.39 is 22.6 Å². The van der Waals surface area contributed by atoms with Crippen LogP contribution in [0, 0.1) is 16.0 Å². The van der Waals surface area contributed by atoms with E-state index in [2.05, 4.69) is 0 Å². The number of benzene rings is 1. The number of rotatable bonds is 6. The van der Waals surface area contributed by atoms with Crippen molar-refractivity contribution >= 4 is 28.9 Å². The van der Waals surface area contributed by atoms with Crippen LogP contribution < -0.4 is 0 Å². The van der Waals surface area contributed by atoms with Gasteiger partial charge < -0.3 is 4.74 Å². The third-order valence-corrected chi connectivity index (χ3v) is 2.91. The largest absolute Gasteiger partial charge is 0.465 e. The highest BCUT2D eigenvalue weighted by Crippen LogP contribution is 2.27. The molecule has 0 aromatic heterocycles. The number of esters is 1. The highest BCUT2D eigenvalue weighted by molar-refractivity contribution is 6.30. The van der Waals surface area contributed by atoms with Crippen LogP contribution in [-0.2, 0) is 14.3 Å². The van der Waals surface area contributed by atoms with Crippen molar-refractivity contribution < 1.29 is 19.2 Å². The Kier molecular flexibility index (Phi) is 6.05. The van der Waals surface area contributed by atoms with Crippen LogP contribution in [-0.4, -0.2) is 23.3 Å². The van der Waals surface area contributed by atoms with Crippen LogP contribution in [0.5, 0.6) is 0 Å². The van der Waals surface area contributed by atoms with E-state index in [1.807, 2.05) is 0 Å². The number of ketones is 1. The van der Waals surface area contributed by atoms with Crippen LogP contribution in [0.2, 0.25) is 5.02 Å². The first-order valence-electron chi connectivity index (χ1n) is 6.15. The van der Waals surface area contributed by atoms with Gasteiger partial charge >= 0.3 is 5.97 Å². The second-order valence-electron chi connectivity index (χ2n) is 4.17. The number of Topliss-reactive ketones (excluding diaryl/α,β-unsaturated/α-hetero) is 1. The van der Waals surface area contributed by atoms with Gasteiger partial charge in [-0.05, 0) is 31.5 Å². The van der Waals surface area contributed by atoms with Gasteiger partial charge in [-0.2, -0.15) is 0 Å². The Balaban J connectivity index is 3.34. The topological polar surface area (TPSA) is 86.5 Å². The molecule has 1 atom stereocenters. The molecule has 1 aromatic rings. The normalized spacial score (nSPS) is 12.6. The number of nitro groups is 1. The molecule has 112 valence electrons. The minimum absolute atomic E-state index is 0.0254. The minimum atomic E-state index is -1.34. The first kappa shape index (κ1) is 16.8. The third-order valence-electron chi connectivity index (χ3n) is 2.66. The number of ether oxygens (including phenoxy) is 1. The zero-order valence-electron chi connectivity index (χ0n) is 11.5. The SMILES string of the molecule is CCOC(=O)C(C(C)=O)C(=C[N+](=O)[O-])c1ccc(Cl)cc1. The van der Waals surface area contributed by atoms with E-state index >= 15 is 0 Å². The summed E-state index contributed by atoms with van der Waals surface area (Å²) in [7, 11) is 0. The summed E-state index contributed by atoms with van der Waals surface area (Å²) in [5, 5.41) is 11.2. The van der Waals surface area contributed by atoms with Gasteiger partial charge in [0.2, 0.25) is 6.20 Å². The van der Waals surface area contributed by atoms with Crippen LogP contribution in [0.15, 0.2) is 30.5 Å². The molecule has 0 saturated heterocycles. The molecule has 1 rings (SSSR count). The Hall–Kier alpha value is -2.21. The molecule has 0 aliphatic carbocycles. The number of hydrogen-bond acceptors (Lipinski definition) is 5. The van der Waals surface area contributed by atoms with Gasteiger partial charge in [0.05, 0.1) is 17.1 Å². The molecule has 21 heavy (non-hydrogen) atoms. The average Bonchev–Trinajstić information content (AvgIpc) is 2.38. The van der Waals surface area contributed by atoms with E-state index in [0.717, 1.165) is 0 Å². The Labute approximate surface area is 126 Å². The van der Waals surface area contributed by atoms with E-state index in [0.29, 0.717) is 16.8 Å². The third kappa shape index (κ3) is 4.68. The van der Waals surface area contributed by atoms with Crippen molar-refractivity contribution in [3.63, 3.8) is 0 Å². The van der Waals surface area contributed by atoms with Crippen LogP contribution in [0.4, 0.5) is 0 Å². The monoisotopic (exact) mass is 311 g/mol. The highest BCUT2D eigenvalue weighted by Gasteiger charge is 2.32. The predicted molar refractivity (Wildman–Crippen MR) is 77.2 cm³/mol. The van der Waals surface area contributed by atoms with Crippen LogP contribution in [0.3, 0.4) is 0 Å². The molecule has 6 nitrogen and oxygen atoms in total. The Morgan fingerprint density at radius 1 is 1.38 bits per heavy atom. The maximum atomic E-state index is 11.9. The molecule has 1 aromatic carbocycles. The van der Waals surface area contributed by atoms with Gasteiger partial charge in [0.15, 0.2) is 0 Å². The lowest BCUT2D eigenvalue weighted by atomic mass is 9.90. The summed E-state index contributed by atoms with van der Waals surface area (Å²) in [6.45, 7) is 2.86. The summed E-state index contributed by atoms with van der Waals surface area (Å²) in [6.07, 6.45) is 0.645. The molecule has 0 amide bonds. The van der Waals surface area contributed by atoms with Crippen molar-refractivity contribution in [2.75, 3.05) is 6.61 Å². The summed E-state index contributed by atoms with van der Waals surface area (Å²) in [5.41, 5.74) is 0.340. The molecular formula is C14H14ClNO5. The van der Waals surface area contributed by atoms with E-state index in [-0.39, 0.29) is 12.2 Å². The maximum Gasteiger partial charge on any atom is 0.321 e. The Bertz CT molecular complexity index is 580.